The summed E-state index contributed by atoms with van der Waals surface area (Å²) in [5, 5.41) is -0.0711. The lowest BCUT2D eigenvalue weighted by molar-refractivity contribution is -0.127. The highest BCUT2D eigenvalue weighted by Crippen LogP contribution is 2.47. The van der Waals surface area contributed by atoms with Crippen molar-refractivity contribution < 1.29 is 27.4 Å². The van der Waals surface area contributed by atoms with Crippen molar-refractivity contribution in [1.82, 2.24) is 14.5 Å². The molecule has 302 valence electrons. The summed E-state index contributed by atoms with van der Waals surface area (Å²) in [4.78, 5) is 21.4. The maximum atomic E-state index is 13.7. The SMILES string of the molecule is COCCO[C@@]1(CN2CCN3CCCC[C@@H]3C2)/C=C/C[C@H](C)[C@@H](C)S(=O)(=O)NC(=O)c2ccc3c(c2)N(CCCCc2cc(Cl)ccc2CO3)C[C@@H]2CC[C@H]21. The number of hydrogen-bond acceptors (Lipinski definition) is 9. The number of amides is 1. The third-order valence-corrected chi connectivity index (χ3v) is 15.4. The highest BCUT2D eigenvalue weighted by molar-refractivity contribution is 7.90. The first kappa shape index (κ1) is 40.5. The number of allylic oxidation sites excluding steroid dienone is 1. The van der Waals surface area contributed by atoms with Gasteiger partial charge in [0.05, 0.1) is 24.2 Å². The molecule has 55 heavy (non-hydrogen) atoms. The number of carbonyl (C=O) groups excluding carboxylic acids is 1. The molecule has 2 aromatic carbocycles. The Labute approximate surface area is 333 Å². The molecule has 5 aliphatic rings. The minimum Gasteiger partial charge on any atom is -0.487 e. The number of rotatable bonds is 6. The summed E-state index contributed by atoms with van der Waals surface area (Å²) < 4.78 is 49.1. The number of sulfonamides is 1. The molecule has 2 aromatic rings. The van der Waals surface area contributed by atoms with Gasteiger partial charge in [0.2, 0.25) is 10.0 Å². The zero-order chi connectivity index (χ0) is 38.6. The van der Waals surface area contributed by atoms with Crippen LogP contribution in [0.25, 0.3) is 0 Å². The number of nitrogens with one attached hydrogen (secondary N) is 1. The van der Waals surface area contributed by atoms with Gasteiger partial charge in [-0.15, -0.1) is 0 Å². The van der Waals surface area contributed by atoms with Gasteiger partial charge < -0.3 is 19.1 Å². The van der Waals surface area contributed by atoms with Gasteiger partial charge in [-0.05, 0) is 124 Å². The maximum absolute atomic E-state index is 13.7. The molecule has 10 nitrogen and oxygen atoms in total. The zero-order valence-electron chi connectivity index (χ0n) is 33.0. The van der Waals surface area contributed by atoms with E-state index in [-0.39, 0.29) is 11.8 Å². The Morgan fingerprint density at radius 3 is 2.62 bits per heavy atom. The first-order valence-corrected chi connectivity index (χ1v) is 22.6. The van der Waals surface area contributed by atoms with Crippen molar-refractivity contribution in [3.05, 3.63) is 70.3 Å². The number of ether oxygens (including phenoxy) is 3. The highest BCUT2D eigenvalue weighted by atomic mass is 35.5. The molecule has 0 spiro atoms. The fraction of sp³-hybridized carbons (Fsp3) is 0.651. The minimum atomic E-state index is -3.97. The predicted molar refractivity (Wildman–Crippen MR) is 219 cm³/mol. The van der Waals surface area contributed by atoms with Gasteiger partial charge in [-0.3, -0.25) is 14.6 Å². The van der Waals surface area contributed by atoms with E-state index in [0.717, 1.165) is 87.6 Å². The average Bonchev–Trinajstić information content (AvgIpc) is 3.18. The maximum Gasteiger partial charge on any atom is 0.264 e. The normalized spacial score (nSPS) is 31.3. The van der Waals surface area contributed by atoms with Gasteiger partial charge >= 0.3 is 0 Å². The van der Waals surface area contributed by atoms with E-state index in [2.05, 4.69) is 31.6 Å². The van der Waals surface area contributed by atoms with Crippen molar-refractivity contribution in [3.8, 4) is 5.75 Å². The molecule has 1 saturated carbocycles. The topological polar surface area (TPSA) is 101 Å². The molecule has 7 rings (SSSR count). The van der Waals surface area contributed by atoms with Gasteiger partial charge in [0.15, 0.2) is 0 Å². The van der Waals surface area contributed by atoms with Crippen molar-refractivity contribution in [2.24, 2.45) is 17.8 Å². The Bertz CT molecular complexity index is 1790. The van der Waals surface area contributed by atoms with Gasteiger partial charge in [0, 0.05) is 63.0 Å². The van der Waals surface area contributed by atoms with Crippen LogP contribution in [0.2, 0.25) is 5.02 Å². The molecular formula is C43H61ClN4O6S. The van der Waals surface area contributed by atoms with Crippen LogP contribution in [0.1, 0.15) is 86.7 Å². The summed E-state index contributed by atoms with van der Waals surface area (Å²) in [6.45, 7) is 11.7. The van der Waals surface area contributed by atoms with Crippen LogP contribution >= 0.6 is 11.6 Å². The lowest BCUT2D eigenvalue weighted by Crippen LogP contribution is -2.61. The van der Waals surface area contributed by atoms with Crippen molar-refractivity contribution in [1.29, 1.82) is 0 Å². The number of halogens is 1. The standard InChI is InChI=1S/C43H61ClN4O6S/c1-31-9-8-18-43(54-24-23-52-3,30-46-21-22-47-19-7-5-11-38(47)28-46)39-16-13-35(39)27-48-20-6-4-10-33-25-37(44)15-12-36(33)29-53-41-17-14-34(26-40(41)48)42(49)45-55(50,51)32(31)2/h8,12,14-15,17-18,25-26,31-32,35,38-39H,4-7,9-11,13,16,19-24,27-30H2,1-3H3,(H,45,49)/b18-8+/t31-,32+,35-,38+,39+,43+/m0/s1. The van der Waals surface area contributed by atoms with Crippen LogP contribution in [0, 0.1) is 17.8 Å². The molecule has 2 saturated heterocycles. The number of fused-ring (bicyclic) bond motifs is 4. The summed E-state index contributed by atoms with van der Waals surface area (Å²) in [5.41, 5.74) is 2.83. The lowest BCUT2D eigenvalue weighted by Gasteiger charge is -2.53. The van der Waals surface area contributed by atoms with Crippen molar-refractivity contribution in [2.45, 2.75) is 95.1 Å². The van der Waals surface area contributed by atoms with Crippen molar-refractivity contribution in [2.75, 3.05) is 71.0 Å². The number of anilines is 1. The molecule has 0 unspecified atom stereocenters. The third kappa shape index (κ3) is 9.39. The number of benzene rings is 2. The van der Waals surface area contributed by atoms with Gasteiger partial charge in [-0.2, -0.15) is 0 Å². The van der Waals surface area contributed by atoms with E-state index in [1.54, 1.807) is 20.1 Å². The van der Waals surface area contributed by atoms with E-state index in [1.165, 1.54) is 31.4 Å². The quantitative estimate of drug-likeness (QED) is 0.253. The number of hydrogen-bond donors (Lipinski definition) is 1. The van der Waals surface area contributed by atoms with E-state index in [0.29, 0.717) is 49.5 Å². The smallest absolute Gasteiger partial charge is 0.264 e. The molecule has 4 aliphatic heterocycles. The van der Waals surface area contributed by atoms with E-state index in [1.807, 2.05) is 37.3 Å². The second-order valence-electron chi connectivity index (χ2n) is 16.7. The number of aryl methyl sites for hydroxylation is 1. The van der Waals surface area contributed by atoms with E-state index >= 15 is 0 Å². The minimum absolute atomic E-state index is 0.233. The second kappa shape index (κ2) is 17.9. The average molecular weight is 798 g/mol. The monoisotopic (exact) mass is 796 g/mol. The molecule has 1 amide bonds. The number of methoxy groups -OCH3 is 1. The Hall–Kier alpha value is -2.67. The van der Waals surface area contributed by atoms with Crippen LogP contribution < -0.4 is 14.4 Å². The van der Waals surface area contributed by atoms with E-state index < -0.39 is 26.8 Å². The molecular weight excluding hydrogens is 736 g/mol. The molecule has 1 aliphatic carbocycles. The second-order valence-corrected chi connectivity index (χ2v) is 19.2. The molecule has 4 heterocycles. The van der Waals surface area contributed by atoms with Gasteiger partial charge in [0.25, 0.3) is 5.91 Å². The molecule has 1 N–H and O–H groups in total. The molecule has 2 bridgehead atoms. The van der Waals surface area contributed by atoms with Crippen LogP contribution in [0.3, 0.4) is 0 Å². The fourth-order valence-corrected chi connectivity index (χ4v) is 11.1. The van der Waals surface area contributed by atoms with Crippen LogP contribution in [-0.2, 0) is 32.5 Å². The van der Waals surface area contributed by atoms with Crippen LogP contribution in [-0.4, -0.2) is 107 Å². The van der Waals surface area contributed by atoms with Crippen molar-refractivity contribution >= 4 is 33.2 Å². The Balaban J connectivity index is 1.27. The first-order valence-electron chi connectivity index (χ1n) is 20.7. The summed E-state index contributed by atoms with van der Waals surface area (Å²) in [5.74, 6) is 0.398. The third-order valence-electron chi connectivity index (χ3n) is 13.2. The predicted octanol–water partition coefficient (Wildman–Crippen LogP) is 6.70. The van der Waals surface area contributed by atoms with Crippen LogP contribution in [0.4, 0.5) is 5.69 Å². The van der Waals surface area contributed by atoms with Crippen LogP contribution in [0.5, 0.6) is 5.75 Å². The molecule has 0 radical (unpaired) electrons. The number of carbonyl (C=O) groups is 1. The van der Waals surface area contributed by atoms with Gasteiger partial charge in [-0.1, -0.05) is 43.2 Å². The van der Waals surface area contributed by atoms with Crippen LogP contribution in [0.15, 0.2) is 48.6 Å². The van der Waals surface area contributed by atoms with Crippen molar-refractivity contribution in [3.63, 3.8) is 0 Å². The van der Waals surface area contributed by atoms with Gasteiger partial charge in [-0.25, -0.2) is 13.1 Å². The number of piperazine rings is 1. The van der Waals surface area contributed by atoms with E-state index in [4.69, 9.17) is 25.8 Å². The number of piperidine rings is 1. The van der Waals surface area contributed by atoms with Gasteiger partial charge in [0.1, 0.15) is 18.0 Å². The Kier molecular flexibility index (Phi) is 13.2. The summed E-state index contributed by atoms with van der Waals surface area (Å²) in [6.07, 6.45) is 13.7. The Morgan fingerprint density at radius 1 is 0.945 bits per heavy atom. The number of nitrogens with zero attached hydrogens (tertiary/aromatic N) is 3. The largest absolute Gasteiger partial charge is 0.487 e. The molecule has 0 aromatic heterocycles. The summed E-state index contributed by atoms with van der Waals surface area (Å²) in [7, 11) is -2.25. The fourth-order valence-electron chi connectivity index (χ4n) is 9.58. The first-order chi connectivity index (χ1) is 26.5. The van der Waals surface area contributed by atoms with E-state index in [9.17, 15) is 13.2 Å². The summed E-state index contributed by atoms with van der Waals surface area (Å²) in [6, 6.07) is 11.9. The highest BCUT2D eigenvalue weighted by Gasteiger charge is 2.49. The lowest BCUT2D eigenvalue weighted by atomic mass is 9.63. The molecule has 3 fully saturated rings. The summed E-state index contributed by atoms with van der Waals surface area (Å²) >= 11 is 6.43. The molecule has 6 atom stereocenters. The zero-order valence-corrected chi connectivity index (χ0v) is 34.6. The molecule has 12 heteroatoms. The Morgan fingerprint density at radius 2 is 1.80 bits per heavy atom.